The first kappa shape index (κ1) is 20.2. The van der Waals surface area contributed by atoms with Gasteiger partial charge in [0.25, 0.3) is 5.91 Å². The van der Waals surface area contributed by atoms with Crippen molar-refractivity contribution in [2.24, 2.45) is 11.8 Å². The van der Waals surface area contributed by atoms with E-state index in [0.717, 1.165) is 50.3 Å². The summed E-state index contributed by atoms with van der Waals surface area (Å²) in [5.41, 5.74) is 2.47. The molecule has 6 rings (SSSR count). The van der Waals surface area contributed by atoms with Gasteiger partial charge in [0.1, 0.15) is 5.82 Å². The number of halogens is 1. The lowest BCUT2D eigenvalue weighted by atomic mass is 9.72. The summed E-state index contributed by atoms with van der Waals surface area (Å²) in [7, 11) is 0. The van der Waals surface area contributed by atoms with Gasteiger partial charge in [0, 0.05) is 37.4 Å². The van der Waals surface area contributed by atoms with E-state index < -0.39 is 0 Å². The van der Waals surface area contributed by atoms with Crippen LogP contribution in [0.25, 0.3) is 0 Å². The van der Waals surface area contributed by atoms with E-state index in [1.807, 2.05) is 13.0 Å². The highest BCUT2D eigenvalue weighted by Gasteiger charge is 2.43. The van der Waals surface area contributed by atoms with E-state index in [9.17, 15) is 9.18 Å². The van der Waals surface area contributed by atoms with Crippen molar-refractivity contribution in [1.29, 1.82) is 0 Å². The van der Waals surface area contributed by atoms with Gasteiger partial charge >= 0.3 is 0 Å². The zero-order valence-electron chi connectivity index (χ0n) is 18.0. The number of carbonyl (C=O) groups excluding carboxylic acids is 1. The van der Waals surface area contributed by atoms with Crippen LogP contribution in [0.15, 0.2) is 30.5 Å². The second kappa shape index (κ2) is 8.44. The first-order chi connectivity index (χ1) is 15.1. The molecule has 6 nitrogen and oxygen atoms in total. The topological polar surface area (TPSA) is 58.6 Å². The number of hydrogen-bond donors (Lipinski definition) is 0. The number of fused-ring (bicyclic) bond motifs is 3. The molecule has 164 valence electrons. The number of aryl methyl sites for hydroxylation is 1. The number of pyridine rings is 2. The molecule has 3 atom stereocenters. The van der Waals surface area contributed by atoms with Crippen LogP contribution in [-0.2, 0) is 0 Å². The van der Waals surface area contributed by atoms with Crippen molar-refractivity contribution in [1.82, 2.24) is 14.9 Å². The minimum Gasteiger partial charge on any atom is -0.477 e. The fourth-order valence-electron chi connectivity index (χ4n) is 5.38. The number of rotatable bonds is 5. The highest BCUT2D eigenvalue weighted by Crippen LogP contribution is 2.40. The third-order valence-electron chi connectivity index (χ3n) is 7.05. The number of aromatic nitrogens is 2. The van der Waals surface area contributed by atoms with Crippen LogP contribution < -0.4 is 9.64 Å². The molecular formula is C24H29FN4O2. The normalized spacial score (nSPS) is 25.2. The van der Waals surface area contributed by atoms with Crippen LogP contribution in [0.2, 0.25) is 0 Å². The summed E-state index contributed by atoms with van der Waals surface area (Å²) in [6, 6.07) is 7.22. The Bertz CT molecular complexity index is 945. The molecule has 4 aliphatic rings. The van der Waals surface area contributed by atoms with Gasteiger partial charge in [-0.25, -0.2) is 14.4 Å². The van der Waals surface area contributed by atoms with E-state index in [0.29, 0.717) is 30.0 Å². The van der Waals surface area contributed by atoms with Gasteiger partial charge in [0.05, 0.1) is 18.5 Å². The second-order valence-corrected chi connectivity index (χ2v) is 9.08. The van der Waals surface area contributed by atoms with Crippen LogP contribution in [0.3, 0.4) is 0 Å². The van der Waals surface area contributed by atoms with Gasteiger partial charge < -0.3 is 14.5 Å². The van der Waals surface area contributed by atoms with Crippen LogP contribution in [-0.4, -0.2) is 53.1 Å². The smallest absolute Gasteiger partial charge is 0.274 e. The van der Waals surface area contributed by atoms with Crippen LogP contribution >= 0.6 is 0 Å². The fraction of sp³-hybridized carbons (Fsp3) is 0.542. The van der Waals surface area contributed by atoms with Crippen molar-refractivity contribution >= 4 is 11.6 Å². The number of piperidine rings is 2. The van der Waals surface area contributed by atoms with Crippen molar-refractivity contribution in [3.8, 4) is 5.88 Å². The SMILES string of the molecule is Cc1ccc(N2CCCC2)c(C(=O)N2CC3CCC2CC3COc2ccc(F)cn2)n1. The Labute approximate surface area is 182 Å². The second-order valence-electron chi connectivity index (χ2n) is 9.08. The first-order valence-electron chi connectivity index (χ1n) is 11.4. The van der Waals surface area contributed by atoms with Gasteiger partial charge in [-0.2, -0.15) is 0 Å². The third kappa shape index (κ3) is 4.10. The number of ether oxygens (including phenoxy) is 1. The Morgan fingerprint density at radius 2 is 2.03 bits per heavy atom. The van der Waals surface area contributed by atoms with Gasteiger partial charge in [-0.05, 0) is 69.1 Å². The summed E-state index contributed by atoms with van der Waals surface area (Å²) < 4.78 is 18.9. The van der Waals surface area contributed by atoms with Crippen LogP contribution in [0.4, 0.5) is 10.1 Å². The Hall–Kier alpha value is -2.70. The van der Waals surface area contributed by atoms with Crippen molar-refractivity contribution in [2.45, 2.75) is 45.1 Å². The van der Waals surface area contributed by atoms with Gasteiger partial charge in [0.2, 0.25) is 5.88 Å². The molecule has 5 heterocycles. The molecule has 2 bridgehead atoms. The van der Waals surface area contributed by atoms with Gasteiger partial charge in [-0.3, -0.25) is 4.79 Å². The molecule has 2 aromatic heterocycles. The molecule has 1 amide bonds. The summed E-state index contributed by atoms with van der Waals surface area (Å²) in [5, 5.41) is 0. The maximum absolute atomic E-state index is 13.6. The Kier molecular flexibility index (Phi) is 5.50. The van der Waals surface area contributed by atoms with E-state index in [1.54, 1.807) is 6.07 Å². The number of anilines is 1. The van der Waals surface area contributed by atoms with Crippen LogP contribution in [0.5, 0.6) is 5.88 Å². The van der Waals surface area contributed by atoms with Crippen molar-refractivity contribution < 1.29 is 13.9 Å². The molecule has 7 heteroatoms. The van der Waals surface area contributed by atoms with Gasteiger partial charge in [0.15, 0.2) is 5.69 Å². The third-order valence-corrected chi connectivity index (χ3v) is 7.05. The Morgan fingerprint density at radius 3 is 2.74 bits per heavy atom. The molecule has 0 radical (unpaired) electrons. The summed E-state index contributed by atoms with van der Waals surface area (Å²) in [6.45, 7) is 5.25. The average Bonchev–Trinajstić information content (AvgIpc) is 3.33. The van der Waals surface area contributed by atoms with Crippen molar-refractivity contribution in [3.05, 3.63) is 47.7 Å². The van der Waals surface area contributed by atoms with Crippen LogP contribution in [0, 0.1) is 24.6 Å². The quantitative estimate of drug-likeness (QED) is 0.730. The highest BCUT2D eigenvalue weighted by atomic mass is 19.1. The Morgan fingerprint density at radius 1 is 1.19 bits per heavy atom. The van der Waals surface area contributed by atoms with E-state index in [-0.39, 0.29) is 17.8 Å². The summed E-state index contributed by atoms with van der Waals surface area (Å²) in [6.07, 6.45) is 6.59. The molecule has 2 aromatic rings. The largest absolute Gasteiger partial charge is 0.477 e. The number of hydrogen-bond acceptors (Lipinski definition) is 5. The van der Waals surface area contributed by atoms with E-state index in [2.05, 4.69) is 25.8 Å². The molecule has 1 aliphatic carbocycles. The predicted molar refractivity (Wildman–Crippen MR) is 116 cm³/mol. The lowest BCUT2D eigenvalue weighted by molar-refractivity contribution is -0.00503. The maximum Gasteiger partial charge on any atom is 0.274 e. The molecular weight excluding hydrogens is 395 g/mol. The van der Waals surface area contributed by atoms with Crippen molar-refractivity contribution in [2.75, 3.05) is 31.1 Å². The van der Waals surface area contributed by atoms with Crippen molar-refractivity contribution in [3.63, 3.8) is 0 Å². The average molecular weight is 425 g/mol. The number of nitrogens with zero attached hydrogens (tertiary/aromatic N) is 4. The molecule has 31 heavy (non-hydrogen) atoms. The predicted octanol–water partition coefficient (Wildman–Crippen LogP) is 3.84. The molecule has 3 aliphatic heterocycles. The van der Waals surface area contributed by atoms with E-state index >= 15 is 0 Å². The minimum atomic E-state index is -0.365. The molecule has 3 unspecified atom stereocenters. The lowest BCUT2D eigenvalue weighted by Gasteiger charge is -2.49. The zero-order valence-corrected chi connectivity index (χ0v) is 18.0. The molecule has 0 aromatic carbocycles. The van der Waals surface area contributed by atoms with Gasteiger partial charge in [-0.1, -0.05) is 0 Å². The standard InChI is InChI=1S/C24H29FN4O2/c1-16-4-8-21(28-10-2-3-11-28)23(27-16)24(30)29-14-17-5-7-20(29)12-18(17)15-31-22-9-6-19(25)13-26-22/h4,6,8-9,13,17-18,20H,2-3,5,7,10-12,14-15H2,1H3. The Balaban J connectivity index is 1.28. The monoisotopic (exact) mass is 424 g/mol. The van der Waals surface area contributed by atoms with Gasteiger partial charge in [-0.15, -0.1) is 0 Å². The summed E-state index contributed by atoms with van der Waals surface area (Å²) >= 11 is 0. The maximum atomic E-state index is 13.6. The van der Waals surface area contributed by atoms with E-state index in [4.69, 9.17) is 4.74 Å². The number of carbonyl (C=O) groups is 1. The zero-order chi connectivity index (χ0) is 21.4. The minimum absolute atomic E-state index is 0.0693. The first-order valence-corrected chi connectivity index (χ1v) is 11.4. The molecule has 1 saturated carbocycles. The molecule has 0 spiro atoms. The van der Waals surface area contributed by atoms with Crippen LogP contribution in [0.1, 0.15) is 48.3 Å². The summed E-state index contributed by atoms with van der Waals surface area (Å²) in [4.78, 5) is 26.6. The van der Waals surface area contributed by atoms with E-state index in [1.165, 1.54) is 25.1 Å². The molecule has 3 saturated heterocycles. The molecule has 0 N–H and O–H groups in total. The molecule has 4 fully saturated rings. The lowest BCUT2D eigenvalue weighted by Crippen LogP contribution is -2.55. The summed E-state index contributed by atoms with van der Waals surface area (Å²) in [5.74, 6) is 0.957. The fourth-order valence-corrected chi connectivity index (χ4v) is 5.38. The number of amides is 1. The highest BCUT2D eigenvalue weighted by molar-refractivity contribution is 5.98.